The van der Waals surface area contributed by atoms with E-state index in [4.69, 9.17) is 16.1 Å². The highest BCUT2D eigenvalue weighted by Crippen LogP contribution is 2.22. The van der Waals surface area contributed by atoms with Crippen LogP contribution in [0, 0.1) is 0 Å². The summed E-state index contributed by atoms with van der Waals surface area (Å²) in [5.74, 6) is 1.14. The second-order valence-corrected chi connectivity index (χ2v) is 5.05. The van der Waals surface area contributed by atoms with E-state index < -0.39 is 0 Å². The number of nitrogens with zero attached hydrogens (tertiary/aromatic N) is 2. The Morgan fingerprint density at radius 2 is 2.16 bits per heavy atom. The third-order valence-electron chi connectivity index (χ3n) is 2.55. The molecule has 6 heteroatoms. The Kier molecular flexibility index (Phi) is 3.48. The molecular weight excluding hydrogens is 282 g/mol. The molecule has 2 heterocycles. The topological polar surface area (TPSA) is 51.0 Å². The molecule has 0 radical (unpaired) electrons. The molecule has 0 unspecified atom stereocenters. The number of nitrogens with one attached hydrogen (secondary N) is 1. The van der Waals surface area contributed by atoms with Crippen LogP contribution in [0.5, 0.6) is 0 Å². The van der Waals surface area contributed by atoms with Crippen LogP contribution in [-0.4, -0.2) is 10.1 Å². The maximum atomic E-state index is 6.05. The van der Waals surface area contributed by atoms with Crippen LogP contribution in [0.1, 0.15) is 5.82 Å². The van der Waals surface area contributed by atoms with Gasteiger partial charge in [-0.1, -0.05) is 28.9 Å². The monoisotopic (exact) mass is 291 g/mol. The van der Waals surface area contributed by atoms with Crippen molar-refractivity contribution in [3.63, 3.8) is 0 Å². The van der Waals surface area contributed by atoms with Crippen LogP contribution in [0.3, 0.4) is 0 Å². The van der Waals surface area contributed by atoms with Gasteiger partial charge in [0, 0.05) is 5.38 Å². The minimum atomic E-state index is 0.470. The van der Waals surface area contributed by atoms with Crippen molar-refractivity contribution in [3.8, 4) is 11.5 Å². The zero-order valence-corrected chi connectivity index (χ0v) is 11.4. The minimum Gasteiger partial charge on any atom is -0.376 e. The fraction of sp³-hybridized carbons (Fsp3) is 0.0769. The van der Waals surface area contributed by atoms with E-state index in [1.54, 1.807) is 11.3 Å². The molecule has 0 aliphatic heterocycles. The van der Waals surface area contributed by atoms with Gasteiger partial charge in [-0.05, 0) is 23.6 Å². The summed E-state index contributed by atoms with van der Waals surface area (Å²) in [6, 6.07) is 9.49. The molecule has 96 valence electrons. The predicted octanol–water partition coefficient (Wildman–Crippen LogP) is 4.06. The Balaban J connectivity index is 1.70. The van der Waals surface area contributed by atoms with Gasteiger partial charge in [-0.3, -0.25) is 0 Å². The summed E-state index contributed by atoms with van der Waals surface area (Å²) in [5.41, 5.74) is 1.80. The molecule has 0 spiro atoms. The molecular formula is C13H10ClN3OS. The Labute approximate surface area is 119 Å². The van der Waals surface area contributed by atoms with E-state index in [2.05, 4.69) is 15.5 Å². The lowest BCUT2D eigenvalue weighted by Gasteiger charge is -2.04. The van der Waals surface area contributed by atoms with Crippen molar-refractivity contribution in [2.75, 3.05) is 5.32 Å². The molecule has 0 saturated carbocycles. The van der Waals surface area contributed by atoms with Gasteiger partial charge in [0.15, 0.2) is 5.82 Å². The number of benzene rings is 1. The Bertz CT molecular complexity index is 666. The first kappa shape index (κ1) is 12.2. The molecule has 3 aromatic rings. The van der Waals surface area contributed by atoms with Crippen LogP contribution in [0.15, 0.2) is 45.6 Å². The Morgan fingerprint density at radius 1 is 1.26 bits per heavy atom. The molecule has 0 bridgehead atoms. The number of rotatable bonds is 4. The van der Waals surface area contributed by atoms with Crippen LogP contribution >= 0.6 is 22.9 Å². The van der Waals surface area contributed by atoms with Crippen LogP contribution in [0.4, 0.5) is 5.69 Å². The standard InChI is InChI=1S/C13H10ClN3OS/c14-10-3-1-2-4-11(10)15-7-12-16-13(18-17-12)9-5-6-19-8-9/h1-6,8,15H,7H2. The van der Waals surface area contributed by atoms with Crippen LogP contribution in [0.2, 0.25) is 5.02 Å². The van der Waals surface area contributed by atoms with E-state index in [-0.39, 0.29) is 0 Å². The second-order valence-electron chi connectivity index (χ2n) is 3.86. The molecule has 4 nitrogen and oxygen atoms in total. The van der Waals surface area contributed by atoms with Crippen molar-refractivity contribution < 1.29 is 4.52 Å². The number of aromatic nitrogens is 2. The van der Waals surface area contributed by atoms with Crippen molar-refractivity contribution in [1.82, 2.24) is 10.1 Å². The van der Waals surface area contributed by atoms with Crippen molar-refractivity contribution in [2.45, 2.75) is 6.54 Å². The normalized spacial score (nSPS) is 10.6. The molecule has 3 rings (SSSR count). The first-order chi connectivity index (χ1) is 9.33. The molecule has 1 N–H and O–H groups in total. The number of anilines is 1. The van der Waals surface area contributed by atoms with Crippen molar-refractivity contribution in [3.05, 3.63) is 51.9 Å². The van der Waals surface area contributed by atoms with Gasteiger partial charge in [-0.15, -0.1) is 0 Å². The summed E-state index contributed by atoms with van der Waals surface area (Å²) in [7, 11) is 0. The van der Waals surface area contributed by atoms with Crippen LogP contribution in [-0.2, 0) is 6.54 Å². The molecule has 0 aliphatic carbocycles. The molecule has 1 aromatic carbocycles. The summed E-state index contributed by atoms with van der Waals surface area (Å²) in [4.78, 5) is 4.32. The van der Waals surface area contributed by atoms with Crippen molar-refractivity contribution in [1.29, 1.82) is 0 Å². The minimum absolute atomic E-state index is 0.470. The fourth-order valence-electron chi connectivity index (χ4n) is 1.61. The first-order valence-electron chi connectivity index (χ1n) is 5.66. The van der Waals surface area contributed by atoms with Gasteiger partial charge in [0.25, 0.3) is 5.89 Å². The van der Waals surface area contributed by atoms with Gasteiger partial charge in [-0.2, -0.15) is 16.3 Å². The number of thiophene rings is 1. The number of para-hydroxylation sites is 1. The molecule has 0 fully saturated rings. The quantitative estimate of drug-likeness (QED) is 0.787. The van der Waals surface area contributed by atoms with E-state index in [1.165, 1.54) is 0 Å². The highest BCUT2D eigenvalue weighted by Gasteiger charge is 2.09. The third-order valence-corrected chi connectivity index (χ3v) is 3.56. The van der Waals surface area contributed by atoms with Crippen molar-refractivity contribution >= 4 is 28.6 Å². The molecule has 0 aliphatic rings. The molecule has 19 heavy (non-hydrogen) atoms. The lowest BCUT2D eigenvalue weighted by Crippen LogP contribution is -2.01. The summed E-state index contributed by atoms with van der Waals surface area (Å²) in [6.07, 6.45) is 0. The molecule has 2 aromatic heterocycles. The summed E-state index contributed by atoms with van der Waals surface area (Å²) >= 11 is 7.65. The third kappa shape index (κ3) is 2.77. The summed E-state index contributed by atoms with van der Waals surface area (Å²) in [6.45, 7) is 0.470. The maximum Gasteiger partial charge on any atom is 0.258 e. The van der Waals surface area contributed by atoms with Crippen LogP contribution < -0.4 is 5.32 Å². The zero-order valence-electron chi connectivity index (χ0n) is 9.84. The Hall–Kier alpha value is -1.85. The van der Waals surface area contributed by atoms with E-state index in [9.17, 15) is 0 Å². The Morgan fingerprint density at radius 3 is 2.95 bits per heavy atom. The zero-order chi connectivity index (χ0) is 13.1. The van der Waals surface area contributed by atoms with Gasteiger partial charge >= 0.3 is 0 Å². The van der Waals surface area contributed by atoms with Gasteiger partial charge < -0.3 is 9.84 Å². The number of halogens is 1. The summed E-state index contributed by atoms with van der Waals surface area (Å²) in [5, 5.41) is 11.7. The van der Waals surface area contributed by atoms with E-state index in [1.807, 2.05) is 41.1 Å². The lowest BCUT2D eigenvalue weighted by atomic mass is 10.3. The smallest absolute Gasteiger partial charge is 0.258 e. The lowest BCUT2D eigenvalue weighted by molar-refractivity contribution is 0.423. The van der Waals surface area contributed by atoms with E-state index >= 15 is 0 Å². The predicted molar refractivity (Wildman–Crippen MR) is 76.4 cm³/mol. The van der Waals surface area contributed by atoms with Crippen LogP contribution in [0.25, 0.3) is 11.5 Å². The number of hydrogen-bond acceptors (Lipinski definition) is 5. The van der Waals surface area contributed by atoms with Gasteiger partial charge in [0.2, 0.25) is 0 Å². The molecule has 0 amide bonds. The average molecular weight is 292 g/mol. The SMILES string of the molecule is Clc1ccccc1NCc1noc(-c2ccsc2)n1. The largest absolute Gasteiger partial charge is 0.376 e. The highest BCUT2D eigenvalue weighted by molar-refractivity contribution is 7.08. The molecule has 0 saturated heterocycles. The first-order valence-corrected chi connectivity index (χ1v) is 6.98. The molecule has 0 atom stereocenters. The van der Waals surface area contributed by atoms with E-state index in [0.717, 1.165) is 11.3 Å². The highest BCUT2D eigenvalue weighted by atomic mass is 35.5. The second kappa shape index (κ2) is 5.42. The van der Waals surface area contributed by atoms with Gasteiger partial charge in [-0.25, -0.2) is 0 Å². The maximum absolute atomic E-state index is 6.05. The summed E-state index contributed by atoms with van der Waals surface area (Å²) < 4.78 is 5.20. The fourth-order valence-corrected chi connectivity index (χ4v) is 2.44. The van der Waals surface area contributed by atoms with Crippen molar-refractivity contribution in [2.24, 2.45) is 0 Å². The van der Waals surface area contributed by atoms with Gasteiger partial charge in [0.05, 0.1) is 22.8 Å². The van der Waals surface area contributed by atoms with E-state index in [0.29, 0.717) is 23.3 Å². The van der Waals surface area contributed by atoms with Gasteiger partial charge in [0.1, 0.15) is 0 Å². The average Bonchev–Trinajstić information content (AvgIpc) is 3.09. The number of hydrogen-bond donors (Lipinski definition) is 1.